The Bertz CT molecular complexity index is 1020. The van der Waals surface area contributed by atoms with E-state index in [9.17, 15) is 9.59 Å². The molecule has 2 aromatic rings. The van der Waals surface area contributed by atoms with Gasteiger partial charge < -0.3 is 19.7 Å². The third-order valence-electron chi connectivity index (χ3n) is 7.13. The number of hydrogen-bond acceptors (Lipinski definition) is 4. The number of carbonyl (C=O) groups excluding carboxylic acids is 2. The van der Waals surface area contributed by atoms with Gasteiger partial charge in [0.25, 0.3) is 5.91 Å². The van der Waals surface area contributed by atoms with E-state index < -0.39 is 6.04 Å². The van der Waals surface area contributed by atoms with Crippen LogP contribution < -0.4 is 14.8 Å². The number of rotatable bonds is 4. The molecule has 2 heterocycles. The Morgan fingerprint density at radius 1 is 1.10 bits per heavy atom. The standard InChI is InChI=1S/C25H28N2O4/c1-15-6-5-9-20(16(15)2)26-24(28)23-18-7-3-4-8-19(18)25(29)27(23)13-17-10-11-21-22(12-17)31-14-30-21/h3-4,7-8,10-12,15-16,20,23H,5-6,9,13-14H2,1-2H3,(H,26,28)/t15-,16+,20+,23+/m1/s1. The number of ether oxygens (including phenoxy) is 2. The second-order valence-electron chi connectivity index (χ2n) is 8.99. The van der Waals surface area contributed by atoms with Crippen LogP contribution in [0.1, 0.15) is 60.6 Å². The topological polar surface area (TPSA) is 67.9 Å². The van der Waals surface area contributed by atoms with E-state index in [1.807, 2.05) is 42.5 Å². The third-order valence-corrected chi connectivity index (χ3v) is 7.13. The Morgan fingerprint density at radius 2 is 1.90 bits per heavy atom. The van der Waals surface area contributed by atoms with Crippen LogP contribution in [-0.2, 0) is 11.3 Å². The summed E-state index contributed by atoms with van der Waals surface area (Å²) in [4.78, 5) is 28.4. The summed E-state index contributed by atoms with van der Waals surface area (Å²) >= 11 is 0. The molecule has 2 amide bonds. The fourth-order valence-corrected chi connectivity index (χ4v) is 5.10. The van der Waals surface area contributed by atoms with E-state index in [1.165, 1.54) is 6.42 Å². The van der Waals surface area contributed by atoms with Crippen molar-refractivity contribution in [2.45, 2.75) is 51.7 Å². The largest absolute Gasteiger partial charge is 0.454 e. The Morgan fingerprint density at radius 3 is 2.77 bits per heavy atom. The molecule has 0 saturated heterocycles. The Hall–Kier alpha value is -3.02. The lowest BCUT2D eigenvalue weighted by molar-refractivity contribution is -0.127. The highest BCUT2D eigenvalue weighted by Gasteiger charge is 2.42. The van der Waals surface area contributed by atoms with Gasteiger partial charge in [-0.2, -0.15) is 0 Å². The number of nitrogens with one attached hydrogen (secondary N) is 1. The van der Waals surface area contributed by atoms with E-state index in [2.05, 4.69) is 19.2 Å². The molecule has 2 aromatic carbocycles. The van der Waals surface area contributed by atoms with E-state index in [4.69, 9.17) is 9.47 Å². The Balaban J connectivity index is 1.42. The minimum Gasteiger partial charge on any atom is -0.454 e. The van der Waals surface area contributed by atoms with Crippen molar-refractivity contribution in [3.8, 4) is 11.5 Å². The Labute approximate surface area is 182 Å². The van der Waals surface area contributed by atoms with Crippen LogP contribution >= 0.6 is 0 Å². The summed E-state index contributed by atoms with van der Waals surface area (Å²) in [5.41, 5.74) is 2.29. The molecule has 31 heavy (non-hydrogen) atoms. The van der Waals surface area contributed by atoms with Crippen LogP contribution in [0.15, 0.2) is 42.5 Å². The van der Waals surface area contributed by atoms with Crippen LogP contribution in [-0.4, -0.2) is 29.5 Å². The van der Waals surface area contributed by atoms with Gasteiger partial charge >= 0.3 is 0 Å². The molecule has 3 aliphatic rings. The summed E-state index contributed by atoms with van der Waals surface area (Å²) in [7, 11) is 0. The third kappa shape index (κ3) is 3.54. The van der Waals surface area contributed by atoms with Crippen LogP contribution in [0.2, 0.25) is 0 Å². The van der Waals surface area contributed by atoms with Crippen molar-refractivity contribution in [2.75, 3.05) is 6.79 Å². The van der Waals surface area contributed by atoms with E-state index in [1.54, 1.807) is 4.90 Å². The van der Waals surface area contributed by atoms with Gasteiger partial charge in [-0.1, -0.05) is 51.0 Å². The lowest BCUT2D eigenvalue weighted by atomic mass is 9.78. The van der Waals surface area contributed by atoms with Crippen molar-refractivity contribution in [1.82, 2.24) is 10.2 Å². The number of nitrogens with zero attached hydrogens (tertiary/aromatic N) is 1. The normalized spacial score (nSPS) is 26.6. The molecule has 6 nitrogen and oxygen atoms in total. The van der Waals surface area contributed by atoms with E-state index in [0.717, 1.165) is 24.0 Å². The maximum atomic E-state index is 13.5. The van der Waals surface area contributed by atoms with Gasteiger partial charge in [-0.25, -0.2) is 0 Å². The lowest BCUT2D eigenvalue weighted by Crippen LogP contribution is -2.48. The number of hydrogen-bond donors (Lipinski definition) is 1. The van der Waals surface area contributed by atoms with Gasteiger partial charge in [-0.3, -0.25) is 9.59 Å². The molecule has 1 fully saturated rings. The maximum absolute atomic E-state index is 13.5. The minimum atomic E-state index is -0.626. The van der Waals surface area contributed by atoms with Crippen LogP contribution in [0, 0.1) is 11.8 Å². The first-order chi connectivity index (χ1) is 15.0. The van der Waals surface area contributed by atoms with Gasteiger partial charge in [-0.05, 0) is 47.6 Å². The Kier molecular flexibility index (Phi) is 5.08. The van der Waals surface area contributed by atoms with Crippen LogP contribution in [0.25, 0.3) is 0 Å². The molecule has 0 unspecified atom stereocenters. The summed E-state index contributed by atoms with van der Waals surface area (Å²) in [6.45, 7) is 5.00. The van der Waals surface area contributed by atoms with Crippen LogP contribution in [0.4, 0.5) is 0 Å². The molecule has 2 aliphatic heterocycles. The smallest absolute Gasteiger partial charge is 0.255 e. The van der Waals surface area contributed by atoms with Crippen molar-refractivity contribution < 1.29 is 19.1 Å². The molecule has 162 valence electrons. The first-order valence-electron chi connectivity index (χ1n) is 11.1. The highest BCUT2D eigenvalue weighted by Crippen LogP contribution is 2.38. The molecular weight excluding hydrogens is 392 g/mol. The van der Waals surface area contributed by atoms with E-state index in [0.29, 0.717) is 35.4 Å². The van der Waals surface area contributed by atoms with Gasteiger partial charge in [-0.15, -0.1) is 0 Å². The molecule has 0 aromatic heterocycles. The van der Waals surface area contributed by atoms with Gasteiger partial charge in [0, 0.05) is 18.2 Å². The van der Waals surface area contributed by atoms with Crippen molar-refractivity contribution in [3.63, 3.8) is 0 Å². The molecular formula is C25H28N2O4. The average molecular weight is 421 g/mol. The van der Waals surface area contributed by atoms with Crippen molar-refractivity contribution in [1.29, 1.82) is 0 Å². The summed E-state index contributed by atoms with van der Waals surface area (Å²) in [6, 6.07) is 12.6. The average Bonchev–Trinajstić information content (AvgIpc) is 3.34. The highest BCUT2D eigenvalue weighted by molar-refractivity contribution is 6.04. The number of amides is 2. The molecule has 1 saturated carbocycles. The van der Waals surface area contributed by atoms with Gasteiger partial charge in [0.05, 0.1) is 0 Å². The van der Waals surface area contributed by atoms with E-state index in [-0.39, 0.29) is 24.6 Å². The summed E-state index contributed by atoms with van der Waals surface area (Å²) in [5, 5.41) is 3.28. The zero-order chi connectivity index (χ0) is 21.5. The van der Waals surface area contributed by atoms with E-state index >= 15 is 0 Å². The van der Waals surface area contributed by atoms with Gasteiger partial charge in [0.15, 0.2) is 11.5 Å². The van der Waals surface area contributed by atoms with Crippen molar-refractivity contribution >= 4 is 11.8 Å². The predicted octanol–water partition coefficient (Wildman–Crippen LogP) is 4.05. The summed E-state index contributed by atoms with van der Waals surface area (Å²) in [6.07, 6.45) is 3.31. The zero-order valence-electron chi connectivity index (χ0n) is 18.0. The SMILES string of the molecule is C[C@H]1[C@H](C)CCC[C@@H]1NC(=O)[C@@H]1c2ccccc2C(=O)N1Cc1ccc2c(c1)OCO2. The molecule has 0 bridgehead atoms. The number of fused-ring (bicyclic) bond motifs is 2. The molecule has 4 atom stereocenters. The monoisotopic (exact) mass is 420 g/mol. The van der Waals surface area contributed by atoms with Crippen molar-refractivity contribution in [2.24, 2.45) is 11.8 Å². The summed E-state index contributed by atoms with van der Waals surface area (Å²) < 4.78 is 10.9. The quantitative estimate of drug-likeness (QED) is 0.810. The fourth-order valence-electron chi connectivity index (χ4n) is 5.10. The molecule has 1 N–H and O–H groups in total. The van der Waals surface area contributed by atoms with Gasteiger partial charge in [0.1, 0.15) is 6.04 Å². The minimum absolute atomic E-state index is 0.0926. The molecule has 5 rings (SSSR count). The predicted molar refractivity (Wildman–Crippen MR) is 116 cm³/mol. The maximum Gasteiger partial charge on any atom is 0.255 e. The van der Waals surface area contributed by atoms with Crippen molar-refractivity contribution in [3.05, 3.63) is 59.2 Å². The van der Waals surface area contributed by atoms with Crippen LogP contribution in [0.5, 0.6) is 11.5 Å². The van der Waals surface area contributed by atoms with Crippen LogP contribution in [0.3, 0.4) is 0 Å². The molecule has 6 heteroatoms. The second-order valence-corrected chi connectivity index (χ2v) is 8.99. The second kappa shape index (κ2) is 7.91. The molecule has 1 aliphatic carbocycles. The number of benzene rings is 2. The first-order valence-corrected chi connectivity index (χ1v) is 11.1. The molecule has 0 spiro atoms. The summed E-state index contributed by atoms with van der Waals surface area (Å²) in [5.74, 6) is 2.18. The zero-order valence-corrected chi connectivity index (χ0v) is 18.0. The lowest BCUT2D eigenvalue weighted by Gasteiger charge is -2.36. The number of carbonyl (C=O) groups is 2. The first kappa shape index (κ1) is 19.9. The fraction of sp³-hybridized carbons (Fsp3) is 0.440. The van der Waals surface area contributed by atoms with Gasteiger partial charge in [0.2, 0.25) is 12.7 Å². The highest BCUT2D eigenvalue weighted by atomic mass is 16.7. The molecule has 0 radical (unpaired) electrons.